The van der Waals surface area contributed by atoms with Crippen LogP contribution in [0.15, 0.2) is 72.0 Å². The van der Waals surface area contributed by atoms with Crippen molar-refractivity contribution >= 4 is 23.0 Å². The molecular weight excluding hydrogens is 554 g/mol. The van der Waals surface area contributed by atoms with Gasteiger partial charge in [-0.15, -0.1) is 0 Å². The minimum absolute atomic E-state index is 0.00811. The van der Waals surface area contributed by atoms with E-state index in [-0.39, 0.29) is 17.7 Å². The van der Waals surface area contributed by atoms with Gasteiger partial charge in [0.05, 0.1) is 31.9 Å². The summed E-state index contributed by atoms with van der Waals surface area (Å²) in [5.74, 6) is -0.0553. The fraction of sp³-hybridized carbons (Fsp3) is 0.303. The van der Waals surface area contributed by atoms with Crippen molar-refractivity contribution in [2.24, 2.45) is 5.10 Å². The molecule has 0 aliphatic carbocycles. The lowest BCUT2D eigenvalue weighted by molar-refractivity contribution is -0.120. The van der Waals surface area contributed by atoms with Gasteiger partial charge in [-0.2, -0.15) is 5.10 Å². The third-order valence-corrected chi connectivity index (χ3v) is 7.19. The van der Waals surface area contributed by atoms with E-state index in [1.165, 1.54) is 49.7 Å². The Kier molecular flexibility index (Phi) is 10.1. The number of ether oxygens (including phenoxy) is 3. The molecule has 0 radical (unpaired) electrons. The summed E-state index contributed by atoms with van der Waals surface area (Å²) in [6, 6.07) is 15.6. The van der Waals surface area contributed by atoms with Crippen LogP contribution in [-0.2, 0) is 11.2 Å². The first-order chi connectivity index (χ1) is 21.0. The second-order valence-corrected chi connectivity index (χ2v) is 10.3. The molecule has 1 aliphatic heterocycles. The first-order valence-corrected chi connectivity index (χ1v) is 14.3. The molecule has 4 aromatic rings. The molecule has 1 fully saturated rings. The maximum atomic E-state index is 15.0. The van der Waals surface area contributed by atoms with Gasteiger partial charge in [0, 0.05) is 29.8 Å². The molecule has 1 amide bonds. The summed E-state index contributed by atoms with van der Waals surface area (Å²) in [7, 11) is 1.57. The number of halogens is 2. The van der Waals surface area contributed by atoms with E-state index in [2.05, 4.69) is 20.4 Å². The predicted molar refractivity (Wildman–Crippen MR) is 161 cm³/mol. The van der Waals surface area contributed by atoms with Crippen LogP contribution in [0.25, 0.3) is 10.9 Å². The van der Waals surface area contributed by atoms with E-state index in [4.69, 9.17) is 14.2 Å². The van der Waals surface area contributed by atoms with Crippen LogP contribution in [0.2, 0.25) is 0 Å². The Morgan fingerprint density at radius 3 is 2.60 bits per heavy atom. The number of fused-ring (bicyclic) bond motifs is 1. The lowest BCUT2D eigenvalue weighted by Crippen LogP contribution is -2.31. The van der Waals surface area contributed by atoms with Gasteiger partial charge in [-0.1, -0.05) is 30.7 Å². The Bertz CT molecular complexity index is 1590. The number of hydrogen-bond acceptors (Lipinski definition) is 7. The van der Waals surface area contributed by atoms with Crippen molar-refractivity contribution in [3.63, 3.8) is 0 Å². The normalized spacial score (nSPS) is 13.7. The summed E-state index contributed by atoms with van der Waals surface area (Å²) in [5, 5.41) is 4.41. The maximum absolute atomic E-state index is 15.0. The third kappa shape index (κ3) is 8.04. The topological polar surface area (TPSA) is 85.3 Å². The monoisotopic (exact) mass is 588 g/mol. The standard InChI is InChI=1S/C33H34F2N4O4/c1-41-31-20-25-28(21-32(31)42-17-7-16-39-14-5-2-6-15-39)36-13-12-29(25)43-30-11-10-23(18-27(30)35)19-33(40)38-37-22-24-8-3-4-9-26(24)34/h3-4,8-13,18,20-22H,2,5-7,14-17,19H2,1H3,(H,38,40)/b37-22+. The number of nitrogens with zero attached hydrogens (tertiary/aromatic N) is 3. The van der Waals surface area contributed by atoms with E-state index < -0.39 is 17.5 Å². The summed E-state index contributed by atoms with van der Waals surface area (Å²) in [4.78, 5) is 19.2. The number of pyridine rings is 1. The summed E-state index contributed by atoms with van der Waals surface area (Å²) < 4.78 is 46.3. The molecule has 2 heterocycles. The fourth-order valence-corrected chi connectivity index (χ4v) is 4.98. The van der Waals surface area contributed by atoms with E-state index in [1.807, 2.05) is 0 Å². The average molecular weight is 589 g/mol. The second kappa shape index (κ2) is 14.6. The third-order valence-electron chi connectivity index (χ3n) is 7.19. The molecule has 1 aromatic heterocycles. The number of benzene rings is 3. The van der Waals surface area contributed by atoms with Gasteiger partial charge in [0.2, 0.25) is 5.91 Å². The molecule has 5 rings (SSSR count). The Balaban J connectivity index is 1.21. The number of carbonyl (C=O) groups excluding carboxylic acids is 1. The first-order valence-electron chi connectivity index (χ1n) is 14.3. The summed E-state index contributed by atoms with van der Waals surface area (Å²) >= 11 is 0. The minimum Gasteiger partial charge on any atom is -0.493 e. The van der Waals surface area contributed by atoms with E-state index in [1.54, 1.807) is 49.7 Å². The lowest BCUT2D eigenvalue weighted by atomic mass is 10.1. The van der Waals surface area contributed by atoms with E-state index in [0.29, 0.717) is 40.3 Å². The highest BCUT2D eigenvalue weighted by atomic mass is 19.1. The number of methoxy groups -OCH3 is 1. The molecule has 0 saturated carbocycles. The Hall–Kier alpha value is -4.57. The number of likely N-dealkylation sites (tertiary alicyclic amines) is 1. The highest BCUT2D eigenvalue weighted by Gasteiger charge is 2.15. The molecule has 0 atom stereocenters. The van der Waals surface area contributed by atoms with Gasteiger partial charge in [0.25, 0.3) is 0 Å². The minimum atomic E-state index is -0.634. The maximum Gasteiger partial charge on any atom is 0.244 e. The van der Waals surface area contributed by atoms with Crippen molar-refractivity contribution in [1.29, 1.82) is 0 Å². The molecule has 1 N–H and O–H groups in total. The van der Waals surface area contributed by atoms with Gasteiger partial charge in [-0.05, 0) is 68.2 Å². The van der Waals surface area contributed by atoms with Crippen LogP contribution in [0.1, 0.15) is 36.8 Å². The molecule has 1 aliphatic rings. The summed E-state index contributed by atoms with van der Waals surface area (Å²) in [5.41, 5.74) is 3.61. The van der Waals surface area contributed by atoms with Crippen LogP contribution in [0.3, 0.4) is 0 Å². The Labute approximate surface area is 249 Å². The van der Waals surface area contributed by atoms with Gasteiger partial charge in [-0.25, -0.2) is 14.2 Å². The number of rotatable bonds is 12. The smallest absolute Gasteiger partial charge is 0.244 e. The highest BCUT2D eigenvalue weighted by Crippen LogP contribution is 2.37. The summed E-state index contributed by atoms with van der Waals surface area (Å²) in [6.45, 7) is 3.86. The van der Waals surface area contributed by atoms with Gasteiger partial charge in [0.1, 0.15) is 11.6 Å². The van der Waals surface area contributed by atoms with Gasteiger partial charge < -0.3 is 19.1 Å². The summed E-state index contributed by atoms with van der Waals surface area (Å²) in [6.07, 6.45) is 7.42. The van der Waals surface area contributed by atoms with E-state index in [9.17, 15) is 9.18 Å². The molecule has 43 heavy (non-hydrogen) atoms. The van der Waals surface area contributed by atoms with Crippen LogP contribution in [0.5, 0.6) is 23.0 Å². The zero-order valence-electron chi connectivity index (χ0n) is 24.0. The highest BCUT2D eigenvalue weighted by molar-refractivity contribution is 5.88. The first kappa shape index (κ1) is 29.9. The molecular formula is C33H34F2N4O4. The van der Waals surface area contributed by atoms with Gasteiger partial charge >= 0.3 is 0 Å². The van der Waals surface area contributed by atoms with Crippen molar-refractivity contribution in [1.82, 2.24) is 15.3 Å². The Morgan fingerprint density at radius 1 is 0.977 bits per heavy atom. The molecule has 224 valence electrons. The number of aromatic nitrogens is 1. The molecule has 10 heteroatoms. The lowest BCUT2D eigenvalue weighted by Gasteiger charge is -2.26. The SMILES string of the molecule is COc1cc2c(Oc3ccc(CC(=O)N/N=C/c4ccccc4F)cc3F)ccnc2cc1OCCCN1CCCCC1. The van der Waals surface area contributed by atoms with Gasteiger partial charge in [0.15, 0.2) is 23.1 Å². The zero-order chi connectivity index (χ0) is 30.0. The number of amides is 1. The predicted octanol–water partition coefficient (Wildman–Crippen LogP) is 6.26. The van der Waals surface area contributed by atoms with Crippen molar-refractivity contribution in [2.75, 3.05) is 33.4 Å². The molecule has 1 saturated heterocycles. The van der Waals surface area contributed by atoms with Crippen LogP contribution in [0.4, 0.5) is 8.78 Å². The van der Waals surface area contributed by atoms with E-state index in [0.717, 1.165) is 26.1 Å². The number of nitrogens with one attached hydrogen (secondary N) is 1. The quantitative estimate of drug-likeness (QED) is 0.119. The van der Waals surface area contributed by atoms with Crippen molar-refractivity contribution in [3.8, 4) is 23.0 Å². The largest absolute Gasteiger partial charge is 0.493 e. The molecule has 0 unspecified atom stereocenters. The Morgan fingerprint density at radius 2 is 1.81 bits per heavy atom. The van der Waals surface area contributed by atoms with Crippen LogP contribution < -0.4 is 19.6 Å². The number of carbonyl (C=O) groups is 1. The number of hydrogen-bond donors (Lipinski definition) is 1. The molecule has 0 spiro atoms. The van der Waals surface area contributed by atoms with Crippen molar-refractivity contribution in [2.45, 2.75) is 32.1 Å². The fourth-order valence-electron chi connectivity index (χ4n) is 4.98. The molecule has 8 nitrogen and oxygen atoms in total. The van der Waals surface area contributed by atoms with Gasteiger partial charge in [-0.3, -0.25) is 9.78 Å². The zero-order valence-corrected chi connectivity index (χ0v) is 24.0. The van der Waals surface area contributed by atoms with Crippen molar-refractivity contribution < 1.29 is 27.8 Å². The second-order valence-electron chi connectivity index (χ2n) is 10.3. The van der Waals surface area contributed by atoms with Crippen LogP contribution >= 0.6 is 0 Å². The average Bonchev–Trinajstić information content (AvgIpc) is 3.02. The van der Waals surface area contributed by atoms with Crippen molar-refractivity contribution in [3.05, 3.63) is 89.6 Å². The molecule has 0 bridgehead atoms. The van der Waals surface area contributed by atoms with E-state index >= 15 is 4.39 Å². The van der Waals surface area contributed by atoms with Crippen LogP contribution in [-0.4, -0.2) is 55.4 Å². The number of piperidine rings is 1. The number of hydrazone groups is 1. The molecule has 3 aromatic carbocycles. The van der Waals surface area contributed by atoms with Crippen LogP contribution in [0, 0.1) is 11.6 Å².